The minimum atomic E-state index is -0.633. The summed E-state index contributed by atoms with van der Waals surface area (Å²) in [4.78, 5) is 47.6. The molecule has 1 unspecified atom stereocenters. The third-order valence-corrected chi connectivity index (χ3v) is 7.79. The van der Waals surface area contributed by atoms with Crippen molar-refractivity contribution < 1.29 is 24.0 Å². The number of hydroxylamine groups is 2. The van der Waals surface area contributed by atoms with E-state index >= 15 is 0 Å². The zero-order valence-corrected chi connectivity index (χ0v) is 21.1. The molecule has 1 aliphatic carbocycles. The zero-order valence-electron chi connectivity index (χ0n) is 20.3. The molecular weight excluding hydrogens is 464 g/mol. The molecule has 2 fully saturated rings. The summed E-state index contributed by atoms with van der Waals surface area (Å²) >= 11 is 0.904. The molecular formula is C27H32N2O5S. The molecule has 1 atom stereocenters. The van der Waals surface area contributed by atoms with Crippen molar-refractivity contribution >= 4 is 28.9 Å². The fraction of sp³-hybridized carbons (Fsp3) is 0.481. The van der Waals surface area contributed by atoms with Crippen LogP contribution in [0.15, 0.2) is 42.6 Å². The topological polar surface area (TPSA) is 85.8 Å². The van der Waals surface area contributed by atoms with Crippen LogP contribution in [0.3, 0.4) is 0 Å². The van der Waals surface area contributed by atoms with E-state index in [1.807, 2.05) is 43.5 Å². The number of aromatic nitrogens is 1. The van der Waals surface area contributed by atoms with Crippen LogP contribution >= 0.6 is 11.8 Å². The molecule has 0 bridgehead atoms. The minimum Gasteiger partial charge on any atom is -0.493 e. The van der Waals surface area contributed by atoms with E-state index in [0.29, 0.717) is 37.4 Å². The summed E-state index contributed by atoms with van der Waals surface area (Å²) in [7, 11) is 0. The monoisotopic (exact) mass is 496 g/mol. The van der Waals surface area contributed by atoms with E-state index in [1.54, 1.807) is 0 Å². The molecule has 1 aromatic carbocycles. The highest BCUT2D eigenvalue weighted by Crippen LogP contribution is 2.38. The fourth-order valence-corrected chi connectivity index (χ4v) is 5.34. The van der Waals surface area contributed by atoms with E-state index in [-0.39, 0.29) is 0 Å². The molecule has 8 heteroatoms. The Morgan fingerprint density at radius 2 is 1.80 bits per heavy atom. The van der Waals surface area contributed by atoms with Crippen molar-refractivity contribution in [3.63, 3.8) is 0 Å². The molecule has 186 valence electrons. The Balaban J connectivity index is 1.26. The van der Waals surface area contributed by atoms with E-state index in [0.717, 1.165) is 54.5 Å². The van der Waals surface area contributed by atoms with E-state index in [2.05, 4.69) is 18.0 Å². The van der Waals surface area contributed by atoms with Gasteiger partial charge >= 0.3 is 11.2 Å². The number of nitrogens with zero attached hydrogens (tertiary/aromatic N) is 2. The lowest BCUT2D eigenvalue weighted by Gasteiger charge is -2.31. The molecule has 1 aromatic heterocycles. The van der Waals surface area contributed by atoms with Gasteiger partial charge in [0.15, 0.2) is 0 Å². The number of ether oxygens (including phenoxy) is 1. The van der Waals surface area contributed by atoms with Crippen LogP contribution in [-0.2, 0) is 33.7 Å². The van der Waals surface area contributed by atoms with Gasteiger partial charge in [-0.3, -0.25) is 14.6 Å². The molecule has 1 saturated heterocycles. The smallest absolute Gasteiger partial charge is 0.339 e. The van der Waals surface area contributed by atoms with Crippen molar-refractivity contribution in [2.24, 2.45) is 5.41 Å². The summed E-state index contributed by atoms with van der Waals surface area (Å²) in [5.41, 5.74) is 2.47. The van der Waals surface area contributed by atoms with Crippen LogP contribution in [0.2, 0.25) is 0 Å². The van der Waals surface area contributed by atoms with Gasteiger partial charge in [-0.15, -0.1) is 0 Å². The molecule has 35 heavy (non-hydrogen) atoms. The van der Waals surface area contributed by atoms with Crippen molar-refractivity contribution in [2.75, 3.05) is 6.61 Å². The van der Waals surface area contributed by atoms with Crippen LogP contribution in [0.25, 0.3) is 0 Å². The van der Waals surface area contributed by atoms with Crippen molar-refractivity contribution in [1.82, 2.24) is 10.0 Å². The second-order valence-corrected chi connectivity index (χ2v) is 10.6. The Morgan fingerprint density at radius 1 is 1.09 bits per heavy atom. The summed E-state index contributed by atoms with van der Waals surface area (Å²) < 4.78 is 5.83. The number of imide groups is 1. The second-order valence-electron chi connectivity index (χ2n) is 9.46. The number of carbonyl (C=O) groups excluding carboxylic acids is 3. The van der Waals surface area contributed by atoms with Gasteiger partial charge in [0.1, 0.15) is 11.0 Å². The number of aryl methyl sites for hydroxylation is 1. The van der Waals surface area contributed by atoms with Gasteiger partial charge in [-0.05, 0) is 73.7 Å². The van der Waals surface area contributed by atoms with Gasteiger partial charge in [0.05, 0.1) is 12.0 Å². The number of amides is 2. The summed E-state index contributed by atoms with van der Waals surface area (Å²) in [6.45, 7) is 4.47. The number of carbonyl (C=O) groups is 3. The number of thioether (sulfide) groups is 1. The Hall–Kier alpha value is -2.87. The van der Waals surface area contributed by atoms with Gasteiger partial charge in [0.25, 0.3) is 5.91 Å². The molecule has 1 saturated carbocycles. The number of rotatable bonds is 9. The molecule has 0 spiro atoms. The van der Waals surface area contributed by atoms with Crippen LogP contribution in [-0.4, -0.2) is 39.0 Å². The van der Waals surface area contributed by atoms with E-state index < -0.39 is 27.8 Å². The molecule has 1 aliphatic heterocycles. The second kappa shape index (κ2) is 11.2. The van der Waals surface area contributed by atoms with Crippen molar-refractivity contribution in [3.05, 3.63) is 59.4 Å². The van der Waals surface area contributed by atoms with E-state index in [1.165, 1.54) is 5.56 Å². The van der Waals surface area contributed by atoms with Crippen LogP contribution in [0.5, 0.6) is 5.75 Å². The lowest BCUT2D eigenvalue weighted by Crippen LogP contribution is -2.40. The SMILES string of the molecule is CCc1ccc(CCOc2ccc(CC3SC(=O)N(OC(=O)C4(C)CCCCC4)C3=O)cc2)nc1. The predicted octanol–water partition coefficient (Wildman–Crippen LogP) is 5.30. The van der Waals surface area contributed by atoms with Crippen LogP contribution < -0.4 is 4.74 Å². The first-order valence-corrected chi connectivity index (χ1v) is 13.2. The van der Waals surface area contributed by atoms with Crippen molar-refractivity contribution in [2.45, 2.75) is 70.5 Å². The maximum Gasteiger partial charge on any atom is 0.339 e. The van der Waals surface area contributed by atoms with E-state index in [4.69, 9.17) is 9.57 Å². The Labute approximate surface area is 210 Å². The van der Waals surface area contributed by atoms with E-state index in [9.17, 15) is 14.4 Å². The number of benzene rings is 1. The van der Waals surface area contributed by atoms with Gasteiger partial charge in [0, 0.05) is 18.3 Å². The van der Waals surface area contributed by atoms with Crippen LogP contribution in [0.1, 0.15) is 62.8 Å². The summed E-state index contributed by atoms with van der Waals surface area (Å²) in [5.74, 6) is -0.232. The molecule has 2 heterocycles. The lowest BCUT2D eigenvalue weighted by atomic mass is 9.76. The normalized spacial score (nSPS) is 19.6. The van der Waals surface area contributed by atoms with Gasteiger partial charge in [-0.2, -0.15) is 0 Å². The fourth-order valence-electron chi connectivity index (χ4n) is 4.40. The van der Waals surface area contributed by atoms with Crippen LogP contribution in [0, 0.1) is 5.41 Å². The summed E-state index contributed by atoms with van der Waals surface area (Å²) in [6.07, 6.45) is 8.39. The molecule has 0 radical (unpaired) electrons. The number of pyridine rings is 1. The Bertz CT molecular complexity index is 1050. The summed E-state index contributed by atoms with van der Waals surface area (Å²) in [5, 5.41) is -0.484. The maximum absolute atomic E-state index is 12.8. The molecule has 2 amide bonds. The third-order valence-electron chi connectivity index (χ3n) is 6.77. The number of hydrogen-bond acceptors (Lipinski definition) is 7. The van der Waals surface area contributed by atoms with Crippen molar-refractivity contribution in [1.29, 1.82) is 0 Å². The average molecular weight is 497 g/mol. The predicted molar refractivity (Wildman–Crippen MR) is 134 cm³/mol. The molecule has 2 aliphatic rings. The van der Waals surface area contributed by atoms with Gasteiger partial charge in [0.2, 0.25) is 0 Å². The van der Waals surface area contributed by atoms with Gasteiger partial charge in [-0.25, -0.2) is 4.79 Å². The van der Waals surface area contributed by atoms with Crippen LogP contribution in [0.4, 0.5) is 4.79 Å². The maximum atomic E-state index is 12.8. The highest BCUT2D eigenvalue weighted by molar-refractivity contribution is 8.15. The molecule has 0 N–H and O–H groups in total. The first-order valence-electron chi connectivity index (χ1n) is 12.3. The highest BCUT2D eigenvalue weighted by Gasteiger charge is 2.45. The molecule has 2 aromatic rings. The Kier molecular flexibility index (Phi) is 8.11. The zero-order chi connectivity index (χ0) is 24.8. The standard InChI is InChI=1S/C27H32N2O5S/c1-3-19-7-10-21(28-18-19)13-16-33-22-11-8-20(9-12-22)17-23-24(30)29(26(32)35-23)34-25(31)27(2)14-5-4-6-15-27/h7-12,18,23H,3-6,13-17H2,1-2H3. The molecule has 4 rings (SSSR count). The van der Waals surface area contributed by atoms with Crippen molar-refractivity contribution in [3.8, 4) is 5.75 Å². The third kappa shape index (κ3) is 6.23. The highest BCUT2D eigenvalue weighted by atomic mass is 32.2. The first kappa shape index (κ1) is 25.2. The minimum absolute atomic E-state index is 0.370. The first-order chi connectivity index (χ1) is 16.9. The molecule has 7 nitrogen and oxygen atoms in total. The average Bonchev–Trinajstić information content (AvgIpc) is 3.13. The quantitative estimate of drug-likeness (QED) is 0.466. The van der Waals surface area contributed by atoms with Gasteiger partial charge in [-0.1, -0.05) is 49.4 Å². The largest absolute Gasteiger partial charge is 0.493 e. The lowest BCUT2D eigenvalue weighted by molar-refractivity contribution is -0.193. The number of hydrogen-bond donors (Lipinski definition) is 0. The Morgan fingerprint density at radius 3 is 2.46 bits per heavy atom. The summed E-state index contributed by atoms with van der Waals surface area (Å²) in [6, 6.07) is 11.6. The van der Waals surface area contributed by atoms with Gasteiger partial charge < -0.3 is 9.57 Å².